The van der Waals surface area contributed by atoms with Crippen molar-refractivity contribution in [1.82, 2.24) is 23.7 Å². The van der Waals surface area contributed by atoms with Crippen LogP contribution in [0.3, 0.4) is 0 Å². The van der Waals surface area contributed by atoms with Crippen LogP contribution in [0.2, 0.25) is 0 Å². The Morgan fingerprint density at radius 3 is 1.53 bits per heavy atom. The first kappa shape index (κ1) is 31.8. The molecule has 0 unspecified atom stereocenters. The molecule has 12 rings (SSSR count). The summed E-state index contributed by atoms with van der Waals surface area (Å²) in [4.78, 5) is 10.6. The van der Waals surface area contributed by atoms with Gasteiger partial charge in [0.15, 0.2) is 5.82 Å². The van der Waals surface area contributed by atoms with E-state index < -0.39 is 0 Å². The van der Waals surface area contributed by atoms with Gasteiger partial charge in [0.05, 0.1) is 38.8 Å². The summed E-state index contributed by atoms with van der Waals surface area (Å²) in [6, 6.07) is 61.2. The molecule has 7 aromatic carbocycles. The maximum absolute atomic E-state index is 5.31. The molecule has 1 aliphatic carbocycles. The fourth-order valence-electron chi connectivity index (χ4n) is 9.17. The number of nitrogens with zero attached hydrogens (tertiary/aromatic N) is 5. The third-order valence-corrected chi connectivity index (χ3v) is 11.7. The van der Waals surface area contributed by atoms with Crippen LogP contribution in [0.15, 0.2) is 188 Å². The average Bonchev–Trinajstić information content (AvgIpc) is 3.91. The highest BCUT2D eigenvalue weighted by Crippen LogP contribution is 2.40. The van der Waals surface area contributed by atoms with E-state index in [0.717, 1.165) is 63.7 Å². The van der Waals surface area contributed by atoms with Gasteiger partial charge in [0, 0.05) is 55.3 Å². The van der Waals surface area contributed by atoms with Gasteiger partial charge in [0.25, 0.3) is 0 Å². The summed E-state index contributed by atoms with van der Waals surface area (Å²) < 4.78 is 7.12. The first-order valence-corrected chi connectivity index (χ1v) is 19.6. The molecule has 11 aromatic rings. The first-order valence-electron chi connectivity index (χ1n) is 19.6. The third kappa shape index (κ3) is 4.89. The minimum atomic E-state index is 0.771. The molecule has 0 amide bonds. The number of aromatic nitrogens is 5. The highest BCUT2D eigenvalue weighted by Gasteiger charge is 2.20. The first-order chi connectivity index (χ1) is 28.3. The second kappa shape index (κ2) is 12.5. The minimum absolute atomic E-state index is 0.771. The molecule has 268 valence electrons. The summed E-state index contributed by atoms with van der Waals surface area (Å²) in [5.74, 6) is 1.63. The number of allylic oxidation sites excluding steroid dienone is 4. The summed E-state index contributed by atoms with van der Waals surface area (Å²) in [7, 11) is 0. The van der Waals surface area contributed by atoms with E-state index in [9.17, 15) is 0 Å². The number of para-hydroxylation sites is 5. The number of fused-ring (bicyclic) bond motifs is 9. The fourth-order valence-corrected chi connectivity index (χ4v) is 9.17. The van der Waals surface area contributed by atoms with Crippen molar-refractivity contribution in [3.63, 3.8) is 0 Å². The van der Waals surface area contributed by atoms with Gasteiger partial charge in [-0.15, -0.1) is 0 Å². The SMILES string of the molecule is C1=CCCC(c2nc(-c3cccc(-n4c5ccccc5c5cc6c(cc54)c4ccccc4n6-c4ccccc4)c3)cc(-n3c4ccccc4c4ccccc43)n2)=C1. The van der Waals surface area contributed by atoms with Crippen molar-refractivity contribution in [2.24, 2.45) is 0 Å². The van der Waals surface area contributed by atoms with Crippen molar-refractivity contribution < 1.29 is 0 Å². The second-order valence-electron chi connectivity index (χ2n) is 14.9. The van der Waals surface area contributed by atoms with Gasteiger partial charge in [-0.05, 0) is 79.1 Å². The van der Waals surface area contributed by atoms with Crippen molar-refractivity contribution in [2.45, 2.75) is 12.8 Å². The zero-order valence-electron chi connectivity index (χ0n) is 31.0. The van der Waals surface area contributed by atoms with Gasteiger partial charge in [-0.1, -0.05) is 121 Å². The molecule has 5 heteroatoms. The molecule has 5 nitrogen and oxygen atoms in total. The van der Waals surface area contributed by atoms with Crippen molar-refractivity contribution in [3.8, 4) is 28.5 Å². The van der Waals surface area contributed by atoms with Crippen LogP contribution in [-0.2, 0) is 0 Å². The van der Waals surface area contributed by atoms with E-state index in [0.29, 0.717) is 0 Å². The van der Waals surface area contributed by atoms with Crippen molar-refractivity contribution >= 4 is 71.0 Å². The highest BCUT2D eigenvalue weighted by atomic mass is 15.1. The van der Waals surface area contributed by atoms with E-state index in [4.69, 9.17) is 9.97 Å². The lowest BCUT2D eigenvalue weighted by molar-refractivity contribution is 0.974. The predicted octanol–water partition coefficient (Wildman–Crippen LogP) is 13.2. The van der Waals surface area contributed by atoms with Gasteiger partial charge in [0.1, 0.15) is 5.82 Å². The predicted molar refractivity (Wildman–Crippen MR) is 237 cm³/mol. The van der Waals surface area contributed by atoms with E-state index in [1.807, 2.05) is 0 Å². The summed E-state index contributed by atoms with van der Waals surface area (Å²) in [5, 5.41) is 7.33. The number of rotatable bonds is 5. The average molecular weight is 730 g/mol. The zero-order chi connectivity index (χ0) is 37.5. The topological polar surface area (TPSA) is 40.6 Å². The fraction of sp³-hybridized carbons (Fsp3) is 0.0385. The molecule has 0 fully saturated rings. The molecule has 0 spiro atoms. The molecule has 1 aliphatic rings. The van der Waals surface area contributed by atoms with Gasteiger partial charge in [-0.25, -0.2) is 9.97 Å². The van der Waals surface area contributed by atoms with Crippen LogP contribution in [0.4, 0.5) is 0 Å². The molecule has 0 saturated heterocycles. The summed E-state index contributed by atoms with van der Waals surface area (Å²) in [6.45, 7) is 0. The lowest BCUT2D eigenvalue weighted by atomic mass is 10.0. The molecule has 4 aromatic heterocycles. The number of benzene rings is 7. The maximum atomic E-state index is 5.31. The molecule has 0 atom stereocenters. The van der Waals surface area contributed by atoms with Crippen molar-refractivity contribution in [2.75, 3.05) is 0 Å². The Hall–Kier alpha value is -7.50. The van der Waals surface area contributed by atoms with E-state index in [1.54, 1.807) is 0 Å². The molecule has 0 bridgehead atoms. The van der Waals surface area contributed by atoms with Crippen LogP contribution in [0.5, 0.6) is 0 Å². The largest absolute Gasteiger partial charge is 0.309 e. The third-order valence-electron chi connectivity index (χ3n) is 11.7. The lowest BCUT2D eigenvalue weighted by Gasteiger charge is -2.15. The van der Waals surface area contributed by atoms with Crippen LogP contribution in [0.1, 0.15) is 18.7 Å². The number of hydrogen-bond donors (Lipinski definition) is 0. The Morgan fingerprint density at radius 2 is 0.930 bits per heavy atom. The quantitative estimate of drug-likeness (QED) is 0.177. The Labute approximate surface area is 328 Å². The molecular weight excluding hydrogens is 695 g/mol. The molecule has 4 heterocycles. The van der Waals surface area contributed by atoms with Gasteiger partial charge in [0.2, 0.25) is 0 Å². The summed E-state index contributed by atoms with van der Waals surface area (Å²) in [6.07, 6.45) is 8.39. The van der Waals surface area contributed by atoms with E-state index in [1.165, 1.54) is 54.4 Å². The number of hydrogen-bond acceptors (Lipinski definition) is 2. The second-order valence-corrected chi connectivity index (χ2v) is 14.9. The summed E-state index contributed by atoms with van der Waals surface area (Å²) >= 11 is 0. The minimum Gasteiger partial charge on any atom is -0.309 e. The molecule has 0 aliphatic heterocycles. The van der Waals surface area contributed by atoms with Crippen LogP contribution < -0.4 is 0 Å². The zero-order valence-corrected chi connectivity index (χ0v) is 31.0. The molecule has 0 radical (unpaired) electrons. The van der Waals surface area contributed by atoms with E-state index in [-0.39, 0.29) is 0 Å². The van der Waals surface area contributed by atoms with Gasteiger partial charge < -0.3 is 9.13 Å². The van der Waals surface area contributed by atoms with Gasteiger partial charge in [-0.2, -0.15) is 0 Å². The molecule has 57 heavy (non-hydrogen) atoms. The van der Waals surface area contributed by atoms with Gasteiger partial charge >= 0.3 is 0 Å². The standard InChI is InChI=1S/C52H35N5/c1-3-16-34(17-4-1)52-53-44(33-51(54-52)57-47-28-13-7-22-38(47)39-23-8-14-29-48(39)57)35-18-15-21-37(30-35)56-46-27-12-10-25-41(46)43-31-49-42(32-50(43)56)40-24-9-11-26-45(40)55(49)36-19-5-2-6-20-36/h1-3,5-16,18-33H,4,17H2. The van der Waals surface area contributed by atoms with Crippen molar-refractivity contribution in [1.29, 1.82) is 0 Å². The Kier molecular flexibility index (Phi) is 6.99. The smallest absolute Gasteiger partial charge is 0.158 e. The normalized spacial score (nSPS) is 13.2. The molecule has 0 N–H and O–H groups in total. The van der Waals surface area contributed by atoms with E-state index >= 15 is 0 Å². The lowest BCUT2D eigenvalue weighted by Crippen LogP contribution is -2.05. The van der Waals surface area contributed by atoms with Crippen LogP contribution in [-0.4, -0.2) is 23.7 Å². The van der Waals surface area contributed by atoms with E-state index in [2.05, 4.69) is 202 Å². The van der Waals surface area contributed by atoms with Crippen molar-refractivity contribution in [3.05, 3.63) is 194 Å². The van der Waals surface area contributed by atoms with Crippen LogP contribution in [0.25, 0.3) is 99.4 Å². The molecule has 0 saturated carbocycles. The van der Waals surface area contributed by atoms with Crippen LogP contribution in [0, 0.1) is 0 Å². The summed E-state index contributed by atoms with van der Waals surface area (Å²) in [5.41, 5.74) is 12.3. The maximum Gasteiger partial charge on any atom is 0.158 e. The van der Waals surface area contributed by atoms with Crippen LogP contribution >= 0.6 is 0 Å². The Bertz CT molecular complexity index is 3410. The Morgan fingerprint density at radius 1 is 0.404 bits per heavy atom. The molecular formula is C52H35N5. The van der Waals surface area contributed by atoms with Gasteiger partial charge in [-0.3, -0.25) is 4.57 Å². The monoisotopic (exact) mass is 729 g/mol. The highest BCUT2D eigenvalue weighted by molar-refractivity contribution is 6.19. The Balaban J connectivity index is 1.09.